The number of carbonyl (C=O) groups is 4. The second-order valence-electron chi connectivity index (χ2n) is 6.90. The summed E-state index contributed by atoms with van der Waals surface area (Å²) in [6.45, 7) is 3.32. The molecule has 3 heterocycles. The Kier molecular flexibility index (Phi) is 6.33. The van der Waals surface area contributed by atoms with E-state index in [9.17, 15) is 23.6 Å². The fourth-order valence-electron chi connectivity index (χ4n) is 3.49. The summed E-state index contributed by atoms with van der Waals surface area (Å²) in [4.78, 5) is 58.9. The van der Waals surface area contributed by atoms with Gasteiger partial charge in [0, 0.05) is 6.42 Å². The number of alkyl halides is 1. The number of amides is 4. The lowest BCUT2D eigenvalue weighted by Gasteiger charge is -2.28. The molecule has 11 nitrogen and oxygen atoms in total. The van der Waals surface area contributed by atoms with Crippen LogP contribution in [0, 0.1) is 0 Å². The SMILES string of the molecule is CCOC(=O)[C@H](F)ON1C(=O)N2C[C@H]1C=C(C)[C@H]2C(=O)NOC[C@@H]1CCC(=O)N1. The zero-order valence-corrected chi connectivity index (χ0v) is 16.1. The van der Waals surface area contributed by atoms with Gasteiger partial charge in [-0.25, -0.2) is 24.3 Å². The number of nitrogens with one attached hydrogen (secondary N) is 2. The number of esters is 1. The molecule has 2 N–H and O–H groups in total. The maximum Gasteiger partial charge on any atom is 0.370 e. The first-order valence-corrected chi connectivity index (χ1v) is 9.28. The van der Waals surface area contributed by atoms with Crippen molar-refractivity contribution >= 4 is 23.8 Å². The van der Waals surface area contributed by atoms with Crippen LogP contribution in [0.15, 0.2) is 11.6 Å². The number of hydroxylamine groups is 3. The fraction of sp³-hybridized carbons (Fsp3) is 0.647. The third-order valence-corrected chi connectivity index (χ3v) is 4.79. The van der Waals surface area contributed by atoms with Gasteiger partial charge in [0.25, 0.3) is 5.91 Å². The summed E-state index contributed by atoms with van der Waals surface area (Å²) in [6, 6.07) is -2.55. The third kappa shape index (κ3) is 4.48. The second-order valence-corrected chi connectivity index (χ2v) is 6.90. The van der Waals surface area contributed by atoms with Crippen LogP contribution in [-0.2, 0) is 28.8 Å². The molecule has 0 unspecified atom stereocenters. The number of carbonyl (C=O) groups excluding carboxylic acids is 4. The molecule has 12 heteroatoms. The van der Waals surface area contributed by atoms with Crippen LogP contribution in [0.5, 0.6) is 0 Å². The van der Waals surface area contributed by atoms with Gasteiger partial charge in [0.2, 0.25) is 5.91 Å². The normalized spacial score (nSPS) is 26.9. The van der Waals surface area contributed by atoms with E-state index in [1.807, 2.05) is 0 Å². The standard InChI is InChI=1S/C17H23FN4O7/c1-3-27-16(25)14(18)29-22-11-6-9(2)13(21(7-11)17(22)26)15(24)20-28-8-10-4-5-12(23)19-10/h6,10-11,13-14H,3-5,7-8H2,1-2H3,(H,19,23)(H,20,24)/t10-,11+,13-,14+/m0/s1. The van der Waals surface area contributed by atoms with Gasteiger partial charge in [-0.3, -0.25) is 14.4 Å². The highest BCUT2D eigenvalue weighted by Crippen LogP contribution is 2.30. The van der Waals surface area contributed by atoms with Gasteiger partial charge in [-0.1, -0.05) is 6.08 Å². The van der Waals surface area contributed by atoms with Crippen LogP contribution in [0.1, 0.15) is 26.7 Å². The molecule has 0 aromatic rings. The highest BCUT2D eigenvalue weighted by Gasteiger charge is 2.49. The molecular formula is C17H23FN4O7. The smallest absolute Gasteiger partial charge is 0.370 e. The van der Waals surface area contributed by atoms with E-state index in [-0.39, 0.29) is 31.7 Å². The van der Waals surface area contributed by atoms with Gasteiger partial charge in [-0.2, -0.15) is 5.06 Å². The van der Waals surface area contributed by atoms with E-state index < -0.39 is 36.3 Å². The summed E-state index contributed by atoms with van der Waals surface area (Å²) >= 11 is 0. The van der Waals surface area contributed by atoms with E-state index in [2.05, 4.69) is 15.5 Å². The van der Waals surface area contributed by atoms with Gasteiger partial charge < -0.3 is 15.0 Å². The van der Waals surface area contributed by atoms with E-state index in [0.717, 1.165) is 5.06 Å². The summed E-state index contributed by atoms with van der Waals surface area (Å²) in [5, 5.41) is 3.43. The topological polar surface area (TPSA) is 127 Å². The molecule has 3 aliphatic heterocycles. The van der Waals surface area contributed by atoms with Crippen LogP contribution in [-0.4, -0.2) is 78.0 Å². The number of nitrogens with zero attached hydrogens (tertiary/aromatic N) is 2. The summed E-state index contributed by atoms with van der Waals surface area (Å²) in [5.74, 6) is -1.89. The van der Waals surface area contributed by atoms with Crippen molar-refractivity contribution in [3.63, 3.8) is 0 Å². The number of fused-ring (bicyclic) bond motifs is 2. The van der Waals surface area contributed by atoms with E-state index in [1.54, 1.807) is 13.0 Å². The summed E-state index contributed by atoms with van der Waals surface area (Å²) in [7, 11) is 0. The first-order valence-electron chi connectivity index (χ1n) is 9.28. The molecule has 0 radical (unpaired) electrons. The Morgan fingerprint density at radius 1 is 1.41 bits per heavy atom. The lowest BCUT2D eigenvalue weighted by atomic mass is 10.0. The van der Waals surface area contributed by atoms with Crippen LogP contribution < -0.4 is 10.8 Å². The molecule has 0 aromatic heterocycles. The predicted octanol–water partition coefficient (Wildman–Crippen LogP) is -0.462. The van der Waals surface area contributed by atoms with Gasteiger partial charge in [0.05, 0.1) is 31.8 Å². The zero-order valence-electron chi connectivity index (χ0n) is 16.1. The Balaban J connectivity index is 1.57. The van der Waals surface area contributed by atoms with E-state index in [4.69, 9.17) is 9.68 Å². The minimum atomic E-state index is -2.45. The fourth-order valence-corrected chi connectivity index (χ4v) is 3.49. The van der Waals surface area contributed by atoms with Gasteiger partial charge in [-0.15, -0.1) is 0 Å². The third-order valence-electron chi connectivity index (χ3n) is 4.79. The molecule has 4 atom stereocenters. The van der Waals surface area contributed by atoms with E-state index in [0.29, 0.717) is 18.4 Å². The van der Waals surface area contributed by atoms with Crippen molar-refractivity contribution < 1.29 is 38.0 Å². The predicted molar refractivity (Wildman–Crippen MR) is 93.1 cm³/mol. The molecule has 0 aromatic carbocycles. The molecule has 2 saturated heterocycles. The Labute approximate surface area is 166 Å². The van der Waals surface area contributed by atoms with E-state index in [1.165, 1.54) is 11.8 Å². The van der Waals surface area contributed by atoms with Crippen molar-refractivity contribution in [2.24, 2.45) is 0 Å². The van der Waals surface area contributed by atoms with Crippen molar-refractivity contribution in [1.82, 2.24) is 20.8 Å². The average Bonchev–Trinajstić information content (AvgIpc) is 3.18. The molecule has 0 aliphatic carbocycles. The zero-order chi connectivity index (χ0) is 21.1. The molecule has 0 spiro atoms. The van der Waals surface area contributed by atoms with Gasteiger partial charge in [0.1, 0.15) is 6.04 Å². The Morgan fingerprint density at radius 3 is 2.83 bits per heavy atom. The molecular weight excluding hydrogens is 391 g/mol. The number of halogens is 1. The van der Waals surface area contributed by atoms with Crippen LogP contribution in [0.4, 0.5) is 9.18 Å². The summed E-state index contributed by atoms with van der Waals surface area (Å²) in [6.07, 6.45) is 0.166. The quantitative estimate of drug-likeness (QED) is 0.313. The highest BCUT2D eigenvalue weighted by atomic mass is 19.1. The second kappa shape index (κ2) is 8.74. The molecule has 160 valence electrons. The molecule has 29 heavy (non-hydrogen) atoms. The molecule has 2 bridgehead atoms. The lowest BCUT2D eigenvalue weighted by Crippen LogP contribution is -2.50. The largest absolute Gasteiger partial charge is 0.462 e. The Hall–Kier alpha value is -2.73. The number of ether oxygens (including phenoxy) is 1. The van der Waals surface area contributed by atoms with Crippen molar-refractivity contribution in [3.8, 4) is 0 Å². The Morgan fingerprint density at radius 2 is 2.17 bits per heavy atom. The number of hydrogen-bond donors (Lipinski definition) is 2. The van der Waals surface area contributed by atoms with Crippen molar-refractivity contribution in [3.05, 3.63) is 11.6 Å². The first-order chi connectivity index (χ1) is 13.8. The van der Waals surface area contributed by atoms with Crippen LogP contribution in [0.3, 0.4) is 0 Å². The summed E-state index contributed by atoms with van der Waals surface area (Å²) in [5.41, 5.74) is 2.83. The molecule has 2 fully saturated rings. The van der Waals surface area contributed by atoms with Gasteiger partial charge >= 0.3 is 18.4 Å². The Bertz CT molecular complexity index is 731. The van der Waals surface area contributed by atoms with Crippen molar-refractivity contribution in [2.45, 2.75) is 51.2 Å². The van der Waals surface area contributed by atoms with Gasteiger partial charge in [-0.05, 0) is 25.8 Å². The maximum absolute atomic E-state index is 13.9. The monoisotopic (exact) mass is 414 g/mol. The minimum absolute atomic E-state index is 0.0299. The molecule has 0 saturated carbocycles. The van der Waals surface area contributed by atoms with Crippen LogP contribution in [0.25, 0.3) is 0 Å². The molecule has 3 rings (SSSR count). The van der Waals surface area contributed by atoms with Crippen LogP contribution >= 0.6 is 0 Å². The van der Waals surface area contributed by atoms with Gasteiger partial charge in [0.15, 0.2) is 0 Å². The molecule has 4 amide bonds. The maximum atomic E-state index is 13.9. The highest BCUT2D eigenvalue weighted by molar-refractivity contribution is 5.91. The average molecular weight is 414 g/mol. The van der Waals surface area contributed by atoms with E-state index >= 15 is 0 Å². The first kappa shape index (κ1) is 21.0. The number of urea groups is 1. The minimum Gasteiger partial charge on any atom is -0.462 e. The molecule has 3 aliphatic rings. The lowest BCUT2D eigenvalue weighted by molar-refractivity contribution is -0.223. The van der Waals surface area contributed by atoms with Crippen molar-refractivity contribution in [2.75, 3.05) is 19.8 Å². The van der Waals surface area contributed by atoms with Crippen LogP contribution in [0.2, 0.25) is 0 Å². The summed E-state index contributed by atoms with van der Waals surface area (Å²) < 4.78 is 18.4. The van der Waals surface area contributed by atoms with Crippen molar-refractivity contribution in [1.29, 1.82) is 0 Å². The number of rotatable bonds is 8. The number of hydrogen-bond acceptors (Lipinski definition) is 7.